The molecule has 1 aromatic carbocycles. The Morgan fingerprint density at radius 3 is 2.61 bits per heavy atom. The van der Waals surface area contributed by atoms with E-state index < -0.39 is 0 Å². The summed E-state index contributed by atoms with van der Waals surface area (Å²) in [7, 11) is 0. The molecule has 0 bridgehead atoms. The number of nitrogens with two attached hydrogens (primary N) is 1. The zero-order chi connectivity index (χ0) is 13.1. The van der Waals surface area contributed by atoms with Crippen molar-refractivity contribution in [2.24, 2.45) is 5.84 Å². The molecular formula is C12H16N4OS. The van der Waals surface area contributed by atoms with Crippen LogP contribution in [0.2, 0.25) is 0 Å². The maximum Gasteiger partial charge on any atom is 0.219 e. The van der Waals surface area contributed by atoms with Gasteiger partial charge in [-0.3, -0.25) is 5.43 Å². The van der Waals surface area contributed by atoms with Crippen LogP contribution in [0.1, 0.15) is 21.7 Å². The molecule has 1 heterocycles. The standard InChI is InChI=1S/C12H16N4OS/c1-7-4-5-8(2)11(9(7)3)17-6-10-15-16-12(14-13)18-10/h4-5H,6,13H2,1-3H3,(H,14,16). The van der Waals surface area contributed by atoms with Gasteiger partial charge in [0.1, 0.15) is 12.4 Å². The van der Waals surface area contributed by atoms with Gasteiger partial charge in [0.15, 0.2) is 5.01 Å². The van der Waals surface area contributed by atoms with Gasteiger partial charge in [0.25, 0.3) is 0 Å². The summed E-state index contributed by atoms with van der Waals surface area (Å²) in [4.78, 5) is 0. The second kappa shape index (κ2) is 5.32. The second-order valence-electron chi connectivity index (χ2n) is 4.09. The van der Waals surface area contributed by atoms with E-state index in [0.29, 0.717) is 11.7 Å². The fourth-order valence-corrected chi connectivity index (χ4v) is 2.22. The molecular weight excluding hydrogens is 248 g/mol. The number of ether oxygens (including phenoxy) is 1. The SMILES string of the molecule is Cc1ccc(C)c(OCc2nnc(NN)s2)c1C. The average Bonchev–Trinajstić information content (AvgIpc) is 2.82. The summed E-state index contributed by atoms with van der Waals surface area (Å²) in [5, 5.41) is 9.23. The lowest BCUT2D eigenvalue weighted by Crippen LogP contribution is -2.05. The van der Waals surface area contributed by atoms with Crippen LogP contribution in [0.4, 0.5) is 5.13 Å². The molecule has 6 heteroatoms. The largest absolute Gasteiger partial charge is 0.486 e. The zero-order valence-electron chi connectivity index (χ0n) is 10.7. The zero-order valence-corrected chi connectivity index (χ0v) is 11.5. The number of hydrogen-bond acceptors (Lipinski definition) is 6. The van der Waals surface area contributed by atoms with E-state index in [1.54, 1.807) is 0 Å². The molecule has 0 aliphatic heterocycles. The minimum atomic E-state index is 0.407. The van der Waals surface area contributed by atoms with Crippen LogP contribution in [0.25, 0.3) is 0 Å². The van der Waals surface area contributed by atoms with Crippen molar-refractivity contribution in [1.82, 2.24) is 10.2 Å². The van der Waals surface area contributed by atoms with Crippen molar-refractivity contribution in [2.45, 2.75) is 27.4 Å². The highest BCUT2D eigenvalue weighted by molar-refractivity contribution is 7.15. The summed E-state index contributed by atoms with van der Waals surface area (Å²) < 4.78 is 5.83. The van der Waals surface area contributed by atoms with E-state index in [1.165, 1.54) is 16.9 Å². The molecule has 0 amide bonds. The van der Waals surface area contributed by atoms with Crippen molar-refractivity contribution in [3.8, 4) is 5.75 Å². The maximum absolute atomic E-state index is 5.83. The fourth-order valence-electron chi connectivity index (χ4n) is 1.65. The van der Waals surface area contributed by atoms with Crippen molar-refractivity contribution in [1.29, 1.82) is 0 Å². The Morgan fingerprint density at radius 1 is 1.22 bits per heavy atom. The highest BCUT2D eigenvalue weighted by Crippen LogP contribution is 2.27. The summed E-state index contributed by atoms with van der Waals surface area (Å²) in [5.41, 5.74) is 5.97. The first kappa shape index (κ1) is 12.8. The number of nitrogens with one attached hydrogen (secondary N) is 1. The van der Waals surface area contributed by atoms with Crippen LogP contribution in [-0.4, -0.2) is 10.2 Å². The molecule has 0 unspecified atom stereocenters. The van der Waals surface area contributed by atoms with Gasteiger partial charge in [0, 0.05) is 0 Å². The highest BCUT2D eigenvalue weighted by Gasteiger charge is 2.09. The molecule has 0 radical (unpaired) electrons. The Bertz CT molecular complexity index is 553. The lowest BCUT2D eigenvalue weighted by molar-refractivity contribution is 0.300. The number of benzene rings is 1. The number of nitrogens with zero attached hydrogens (tertiary/aromatic N) is 2. The molecule has 2 aromatic rings. The molecule has 0 aliphatic rings. The normalized spacial score (nSPS) is 10.4. The number of aryl methyl sites for hydroxylation is 2. The number of rotatable bonds is 4. The van der Waals surface area contributed by atoms with Crippen molar-refractivity contribution in [3.63, 3.8) is 0 Å². The van der Waals surface area contributed by atoms with E-state index in [-0.39, 0.29) is 0 Å². The summed E-state index contributed by atoms with van der Waals surface area (Å²) >= 11 is 1.38. The molecule has 0 atom stereocenters. The van der Waals surface area contributed by atoms with Crippen LogP contribution in [-0.2, 0) is 6.61 Å². The van der Waals surface area contributed by atoms with Crippen molar-refractivity contribution in [3.05, 3.63) is 33.8 Å². The van der Waals surface area contributed by atoms with Gasteiger partial charge in [0.05, 0.1) is 0 Å². The van der Waals surface area contributed by atoms with Gasteiger partial charge >= 0.3 is 0 Å². The smallest absolute Gasteiger partial charge is 0.219 e. The van der Waals surface area contributed by atoms with E-state index in [1.807, 2.05) is 6.92 Å². The molecule has 18 heavy (non-hydrogen) atoms. The quantitative estimate of drug-likeness (QED) is 0.655. The Kier molecular flexibility index (Phi) is 3.78. The van der Waals surface area contributed by atoms with Gasteiger partial charge < -0.3 is 4.74 Å². The minimum absolute atomic E-state index is 0.407. The Morgan fingerprint density at radius 2 is 1.94 bits per heavy atom. The average molecular weight is 264 g/mol. The fraction of sp³-hybridized carbons (Fsp3) is 0.333. The predicted octanol–water partition coefficient (Wildman–Crippen LogP) is 2.33. The summed E-state index contributed by atoms with van der Waals surface area (Å²) in [6, 6.07) is 4.16. The first-order valence-corrected chi connectivity index (χ1v) is 6.42. The van der Waals surface area contributed by atoms with Gasteiger partial charge in [-0.1, -0.05) is 23.5 Å². The molecule has 96 valence electrons. The van der Waals surface area contributed by atoms with Crippen LogP contribution in [0.5, 0.6) is 5.75 Å². The Labute approximate surface area is 110 Å². The molecule has 5 nitrogen and oxygen atoms in total. The molecule has 3 N–H and O–H groups in total. The molecule has 1 aromatic heterocycles. The number of hydrogen-bond donors (Lipinski definition) is 2. The van der Waals surface area contributed by atoms with Crippen LogP contribution >= 0.6 is 11.3 Å². The van der Waals surface area contributed by atoms with E-state index in [0.717, 1.165) is 21.9 Å². The lowest BCUT2D eigenvalue weighted by Gasteiger charge is -2.12. The van der Waals surface area contributed by atoms with Gasteiger partial charge in [-0.05, 0) is 37.5 Å². The van der Waals surface area contributed by atoms with Crippen LogP contribution in [0.3, 0.4) is 0 Å². The molecule has 2 rings (SSSR count). The van der Waals surface area contributed by atoms with E-state index in [4.69, 9.17) is 10.6 Å². The van der Waals surface area contributed by atoms with Gasteiger partial charge in [-0.2, -0.15) is 0 Å². The van der Waals surface area contributed by atoms with Crippen LogP contribution < -0.4 is 16.0 Å². The first-order chi connectivity index (χ1) is 8.61. The van der Waals surface area contributed by atoms with Crippen molar-refractivity contribution < 1.29 is 4.74 Å². The molecule has 0 spiro atoms. The molecule has 0 aliphatic carbocycles. The topological polar surface area (TPSA) is 73.1 Å². The van der Waals surface area contributed by atoms with Crippen LogP contribution in [0.15, 0.2) is 12.1 Å². The van der Waals surface area contributed by atoms with E-state index in [9.17, 15) is 0 Å². The third-order valence-electron chi connectivity index (χ3n) is 2.80. The third-order valence-corrected chi connectivity index (χ3v) is 3.63. The van der Waals surface area contributed by atoms with E-state index >= 15 is 0 Å². The van der Waals surface area contributed by atoms with Gasteiger partial charge in [0.2, 0.25) is 5.13 Å². The van der Waals surface area contributed by atoms with Crippen LogP contribution in [0, 0.1) is 20.8 Å². The highest BCUT2D eigenvalue weighted by atomic mass is 32.1. The monoisotopic (exact) mass is 264 g/mol. The second-order valence-corrected chi connectivity index (χ2v) is 5.15. The van der Waals surface area contributed by atoms with Crippen molar-refractivity contribution >= 4 is 16.5 Å². The Hall–Kier alpha value is -1.66. The van der Waals surface area contributed by atoms with E-state index in [2.05, 4.69) is 41.6 Å². The summed E-state index contributed by atoms with van der Waals surface area (Å²) in [6.07, 6.45) is 0. The third kappa shape index (κ3) is 2.60. The summed E-state index contributed by atoms with van der Waals surface area (Å²) in [5.74, 6) is 6.18. The molecule has 0 saturated heterocycles. The number of anilines is 1. The minimum Gasteiger partial charge on any atom is -0.486 e. The number of nitrogen functional groups attached to an aromatic ring is 1. The van der Waals surface area contributed by atoms with Gasteiger partial charge in [-0.25, -0.2) is 5.84 Å². The number of aromatic nitrogens is 2. The maximum atomic E-state index is 5.83. The lowest BCUT2D eigenvalue weighted by atomic mass is 10.1. The number of hydrazine groups is 1. The first-order valence-electron chi connectivity index (χ1n) is 5.60. The Balaban J connectivity index is 2.12. The molecule has 0 saturated carbocycles. The summed E-state index contributed by atoms with van der Waals surface area (Å²) in [6.45, 7) is 6.58. The predicted molar refractivity (Wildman–Crippen MR) is 72.7 cm³/mol. The van der Waals surface area contributed by atoms with Crippen molar-refractivity contribution in [2.75, 3.05) is 5.43 Å². The van der Waals surface area contributed by atoms with Gasteiger partial charge in [-0.15, -0.1) is 10.2 Å². The molecule has 0 fully saturated rings.